The molecule has 0 bridgehead atoms. The van der Waals surface area contributed by atoms with Crippen molar-refractivity contribution in [1.82, 2.24) is 5.32 Å². The SMILES string of the molecule is Fc1cc(Cl)ccc1C12CNCC1C2. The summed E-state index contributed by atoms with van der Waals surface area (Å²) < 4.78 is 13.7. The van der Waals surface area contributed by atoms with Gasteiger partial charge in [0, 0.05) is 17.0 Å². The van der Waals surface area contributed by atoms with Crippen molar-refractivity contribution in [3.05, 3.63) is 34.6 Å². The van der Waals surface area contributed by atoms with E-state index < -0.39 is 0 Å². The molecule has 1 saturated carbocycles. The van der Waals surface area contributed by atoms with Crippen molar-refractivity contribution in [3.63, 3.8) is 0 Å². The van der Waals surface area contributed by atoms with Gasteiger partial charge in [0.25, 0.3) is 0 Å². The monoisotopic (exact) mass is 211 g/mol. The highest BCUT2D eigenvalue weighted by atomic mass is 35.5. The molecule has 14 heavy (non-hydrogen) atoms. The summed E-state index contributed by atoms with van der Waals surface area (Å²) in [5.41, 5.74) is 0.936. The molecule has 0 spiro atoms. The van der Waals surface area contributed by atoms with E-state index in [1.54, 1.807) is 6.07 Å². The third-order valence-electron chi connectivity index (χ3n) is 3.53. The zero-order chi connectivity index (χ0) is 9.76. The van der Waals surface area contributed by atoms with Crippen molar-refractivity contribution in [1.29, 1.82) is 0 Å². The van der Waals surface area contributed by atoms with Gasteiger partial charge in [-0.15, -0.1) is 0 Å². The second-order valence-electron chi connectivity index (χ2n) is 4.31. The molecule has 1 heterocycles. The van der Waals surface area contributed by atoms with Crippen molar-refractivity contribution in [2.45, 2.75) is 11.8 Å². The normalized spacial score (nSPS) is 34.3. The Balaban J connectivity index is 2.05. The Bertz CT molecular complexity index is 393. The first-order valence-electron chi connectivity index (χ1n) is 4.89. The minimum Gasteiger partial charge on any atom is -0.316 e. The molecule has 3 rings (SSSR count). The Labute approximate surface area is 87.3 Å². The van der Waals surface area contributed by atoms with Crippen LogP contribution in [0.1, 0.15) is 12.0 Å². The zero-order valence-electron chi connectivity index (χ0n) is 7.69. The summed E-state index contributed by atoms with van der Waals surface area (Å²) in [6.07, 6.45) is 1.12. The molecule has 1 nitrogen and oxygen atoms in total. The summed E-state index contributed by atoms with van der Waals surface area (Å²) in [6.45, 7) is 1.94. The first kappa shape index (κ1) is 8.69. The van der Waals surface area contributed by atoms with Gasteiger partial charge in [0.05, 0.1) is 0 Å². The van der Waals surface area contributed by atoms with Gasteiger partial charge in [0.2, 0.25) is 0 Å². The van der Waals surface area contributed by atoms with Crippen molar-refractivity contribution >= 4 is 11.6 Å². The number of hydrogen-bond acceptors (Lipinski definition) is 1. The molecule has 2 unspecified atom stereocenters. The molecule has 74 valence electrons. The maximum Gasteiger partial charge on any atom is 0.128 e. The highest BCUT2D eigenvalue weighted by Crippen LogP contribution is 2.57. The van der Waals surface area contributed by atoms with E-state index in [2.05, 4.69) is 5.32 Å². The Morgan fingerprint density at radius 3 is 2.93 bits per heavy atom. The van der Waals surface area contributed by atoms with Gasteiger partial charge in [0.1, 0.15) is 5.82 Å². The lowest BCUT2D eigenvalue weighted by Gasteiger charge is -2.13. The molecule has 1 saturated heterocycles. The molecular weight excluding hydrogens is 201 g/mol. The van der Waals surface area contributed by atoms with Crippen LogP contribution in [0.15, 0.2) is 18.2 Å². The van der Waals surface area contributed by atoms with Crippen LogP contribution in [0.2, 0.25) is 5.02 Å². The van der Waals surface area contributed by atoms with Gasteiger partial charge in [-0.2, -0.15) is 0 Å². The molecule has 1 N–H and O–H groups in total. The molecule has 3 heteroatoms. The van der Waals surface area contributed by atoms with Gasteiger partial charge in [-0.1, -0.05) is 17.7 Å². The summed E-state index contributed by atoms with van der Waals surface area (Å²) in [6, 6.07) is 5.03. The minimum absolute atomic E-state index is 0.0919. The zero-order valence-corrected chi connectivity index (χ0v) is 8.44. The third-order valence-corrected chi connectivity index (χ3v) is 3.77. The summed E-state index contributed by atoms with van der Waals surface area (Å²) >= 11 is 5.73. The number of hydrogen-bond donors (Lipinski definition) is 1. The standard InChI is InChI=1S/C11H11ClFN/c12-8-1-2-9(10(13)3-8)11-4-7(11)5-14-6-11/h1-3,7,14H,4-6H2. The van der Waals surface area contributed by atoms with Crippen molar-refractivity contribution in [2.24, 2.45) is 5.92 Å². The smallest absolute Gasteiger partial charge is 0.128 e. The number of fused-ring (bicyclic) bond motifs is 1. The molecule has 0 aromatic heterocycles. The van der Waals surface area contributed by atoms with Crippen LogP contribution in [0, 0.1) is 11.7 Å². The van der Waals surface area contributed by atoms with E-state index in [0.29, 0.717) is 10.9 Å². The minimum atomic E-state index is -0.149. The van der Waals surface area contributed by atoms with Crippen LogP contribution in [-0.4, -0.2) is 13.1 Å². The van der Waals surface area contributed by atoms with E-state index in [4.69, 9.17) is 11.6 Å². The van der Waals surface area contributed by atoms with Gasteiger partial charge in [-0.3, -0.25) is 0 Å². The summed E-state index contributed by atoms with van der Waals surface area (Å²) in [4.78, 5) is 0. The molecule has 1 aliphatic carbocycles. The fourth-order valence-corrected chi connectivity index (χ4v) is 2.81. The number of nitrogens with one attached hydrogen (secondary N) is 1. The Morgan fingerprint density at radius 1 is 1.50 bits per heavy atom. The van der Waals surface area contributed by atoms with Gasteiger partial charge in [0.15, 0.2) is 0 Å². The molecule has 1 aromatic rings. The summed E-state index contributed by atoms with van der Waals surface area (Å²) in [5.74, 6) is 0.488. The van der Waals surface area contributed by atoms with Crippen LogP contribution in [0.25, 0.3) is 0 Å². The molecule has 0 radical (unpaired) electrons. The largest absolute Gasteiger partial charge is 0.316 e. The molecule has 1 aromatic carbocycles. The van der Waals surface area contributed by atoms with E-state index in [0.717, 1.165) is 25.1 Å². The second-order valence-corrected chi connectivity index (χ2v) is 4.75. The topological polar surface area (TPSA) is 12.0 Å². The average Bonchev–Trinajstić information content (AvgIpc) is 2.69. The second kappa shape index (κ2) is 2.71. The van der Waals surface area contributed by atoms with E-state index in [1.165, 1.54) is 6.07 Å². The summed E-state index contributed by atoms with van der Waals surface area (Å²) in [7, 11) is 0. The predicted molar refractivity (Wildman–Crippen MR) is 54.1 cm³/mol. The molecule has 2 atom stereocenters. The number of benzene rings is 1. The van der Waals surface area contributed by atoms with Crippen LogP contribution in [0.4, 0.5) is 4.39 Å². The van der Waals surface area contributed by atoms with Gasteiger partial charge in [-0.05, 0) is 36.6 Å². The lowest BCUT2D eigenvalue weighted by atomic mass is 9.95. The van der Waals surface area contributed by atoms with Gasteiger partial charge in [-0.25, -0.2) is 4.39 Å². The maximum absolute atomic E-state index is 13.7. The lowest BCUT2D eigenvalue weighted by molar-refractivity contribution is 0.569. The van der Waals surface area contributed by atoms with Crippen LogP contribution in [0.3, 0.4) is 0 Å². The summed E-state index contributed by atoms with van der Waals surface area (Å²) in [5, 5.41) is 3.78. The maximum atomic E-state index is 13.7. The molecule has 0 amide bonds. The highest BCUT2D eigenvalue weighted by Gasteiger charge is 2.59. The van der Waals surface area contributed by atoms with Crippen LogP contribution in [0.5, 0.6) is 0 Å². The molecule has 2 fully saturated rings. The molecule has 1 aliphatic heterocycles. The van der Waals surface area contributed by atoms with Crippen LogP contribution in [-0.2, 0) is 5.41 Å². The molecule has 2 aliphatic rings. The Kier molecular flexibility index (Phi) is 1.68. The first-order chi connectivity index (χ1) is 6.72. The predicted octanol–water partition coefficient (Wildman–Crippen LogP) is 2.34. The lowest BCUT2D eigenvalue weighted by Crippen LogP contribution is -2.20. The Hall–Kier alpha value is -0.600. The third kappa shape index (κ3) is 1.04. The first-order valence-corrected chi connectivity index (χ1v) is 5.26. The van der Waals surface area contributed by atoms with E-state index >= 15 is 0 Å². The number of rotatable bonds is 1. The van der Waals surface area contributed by atoms with Crippen molar-refractivity contribution in [2.75, 3.05) is 13.1 Å². The van der Waals surface area contributed by atoms with Crippen molar-refractivity contribution in [3.8, 4) is 0 Å². The number of halogens is 2. The van der Waals surface area contributed by atoms with Gasteiger partial charge >= 0.3 is 0 Å². The Morgan fingerprint density at radius 2 is 2.36 bits per heavy atom. The van der Waals surface area contributed by atoms with E-state index in [1.807, 2.05) is 6.07 Å². The fourth-order valence-electron chi connectivity index (χ4n) is 2.65. The average molecular weight is 212 g/mol. The fraction of sp³-hybridized carbons (Fsp3) is 0.455. The highest BCUT2D eigenvalue weighted by molar-refractivity contribution is 6.30. The van der Waals surface area contributed by atoms with Gasteiger partial charge < -0.3 is 5.32 Å². The number of piperidine rings is 1. The van der Waals surface area contributed by atoms with Crippen molar-refractivity contribution < 1.29 is 4.39 Å². The van der Waals surface area contributed by atoms with E-state index in [-0.39, 0.29) is 11.2 Å². The quantitative estimate of drug-likeness (QED) is 0.752. The van der Waals surface area contributed by atoms with E-state index in [9.17, 15) is 4.39 Å². The molecular formula is C11H11ClFN. The van der Waals surface area contributed by atoms with Crippen LogP contribution < -0.4 is 5.32 Å². The van der Waals surface area contributed by atoms with Crippen LogP contribution >= 0.6 is 11.6 Å².